The number of halogens is 2. The van der Waals surface area contributed by atoms with Crippen molar-refractivity contribution in [1.29, 1.82) is 0 Å². The van der Waals surface area contributed by atoms with E-state index in [1.807, 2.05) is 0 Å². The third kappa shape index (κ3) is 6.64. The van der Waals surface area contributed by atoms with Gasteiger partial charge in [0.25, 0.3) is 5.91 Å². The molecule has 2 N–H and O–H groups in total. The van der Waals surface area contributed by atoms with Crippen molar-refractivity contribution < 1.29 is 22.0 Å². The Morgan fingerprint density at radius 2 is 1.65 bits per heavy atom. The van der Waals surface area contributed by atoms with Crippen LogP contribution in [0.1, 0.15) is 54.4 Å². The van der Waals surface area contributed by atoms with Crippen LogP contribution < -0.4 is 10.6 Å². The van der Waals surface area contributed by atoms with Gasteiger partial charge in [0.2, 0.25) is 9.84 Å². The van der Waals surface area contributed by atoms with Crippen molar-refractivity contribution in [2.45, 2.75) is 56.1 Å². The summed E-state index contributed by atoms with van der Waals surface area (Å²) in [4.78, 5) is 12.1. The highest BCUT2D eigenvalue weighted by Crippen LogP contribution is 2.17. The Bertz CT molecular complexity index is 670. The number of hydrogen-bond donors (Lipinski definition) is 2. The Labute approximate surface area is 153 Å². The number of hydrogen-bond acceptors (Lipinski definition) is 4. The molecule has 1 aromatic rings. The summed E-state index contributed by atoms with van der Waals surface area (Å²) in [6.07, 6.45) is 7.44. The van der Waals surface area contributed by atoms with Gasteiger partial charge in [-0.3, -0.25) is 4.79 Å². The maximum Gasteiger partial charge on any atom is 0.337 e. The first kappa shape index (κ1) is 20.8. The van der Waals surface area contributed by atoms with Crippen molar-refractivity contribution in [2.75, 3.05) is 13.1 Å². The van der Waals surface area contributed by atoms with Crippen LogP contribution in [-0.4, -0.2) is 39.2 Å². The summed E-state index contributed by atoms with van der Waals surface area (Å²) < 4.78 is 47.2. The quantitative estimate of drug-likeness (QED) is 0.530. The van der Waals surface area contributed by atoms with Crippen LogP contribution in [0.25, 0.3) is 0 Å². The Kier molecular flexibility index (Phi) is 7.96. The molecule has 146 valence electrons. The smallest absolute Gasteiger partial charge is 0.337 e. The molecule has 1 saturated carbocycles. The molecule has 0 saturated heterocycles. The van der Waals surface area contributed by atoms with Gasteiger partial charge < -0.3 is 10.6 Å². The molecule has 0 heterocycles. The molecule has 1 amide bonds. The second kappa shape index (κ2) is 9.97. The van der Waals surface area contributed by atoms with E-state index in [-0.39, 0.29) is 11.5 Å². The Balaban J connectivity index is 1.75. The van der Waals surface area contributed by atoms with E-state index < -0.39 is 21.3 Å². The molecular formula is C18H26F2N2O3S. The second-order valence-corrected chi connectivity index (χ2v) is 8.63. The van der Waals surface area contributed by atoms with Crippen LogP contribution in [0.4, 0.5) is 8.78 Å². The van der Waals surface area contributed by atoms with Gasteiger partial charge in [-0.05, 0) is 30.5 Å². The fourth-order valence-electron chi connectivity index (χ4n) is 3.09. The van der Waals surface area contributed by atoms with E-state index in [0.717, 1.165) is 0 Å². The van der Waals surface area contributed by atoms with Gasteiger partial charge in [0.05, 0.1) is 5.75 Å². The van der Waals surface area contributed by atoms with Gasteiger partial charge in [-0.25, -0.2) is 8.42 Å². The Morgan fingerprint density at radius 1 is 1.04 bits per heavy atom. The van der Waals surface area contributed by atoms with E-state index in [4.69, 9.17) is 0 Å². The summed E-state index contributed by atoms with van der Waals surface area (Å²) in [5.41, 5.74) is 0.606. The molecule has 1 aromatic carbocycles. The Hall–Kier alpha value is -1.54. The molecule has 1 aliphatic rings. The van der Waals surface area contributed by atoms with Gasteiger partial charge >= 0.3 is 5.76 Å². The fourth-order valence-corrected chi connectivity index (χ4v) is 3.87. The number of benzene rings is 1. The molecule has 5 nitrogen and oxygen atoms in total. The zero-order chi connectivity index (χ0) is 19.0. The zero-order valence-electron chi connectivity index (χ0n) is 14.7. The number of carbonyl (C=O) groups excluding carboxylic acids is 1. The highest BCUT2D eigenvalue weighted by molar-refractivity contribution is 7.90. The lowest BCUT2D eigenvalue weighted by Crippen LogP contribution is -2.36. The van der Waals surface area contributed by atoms with Gasteiger partial charge in [0.1, 0.15) is 0 Å². The number of rotatable bonds is 8. The monoisotopic (exact) mass is 388 g/mol. The van der Waals surface area contributed by atoms with Gasteiger partial charge in [-0.1, -0.05) is 37.8 Å². The predicted octanol–water partition coefficient (Wildman–Crippen LogP) is 2.87. The third-order valence-corrected chi connectivity index (χ3v) is 5.83. The maximum absolute atomic E-state index is 12.4. The third-order valence-electron chi connectivity index (χ3n) is 4.55. The molecule has 0 spiro atoms. The number of nitrogens with one attached hydrogen (secondary N) is 2. The summed E-state index contributed by atoms with van der Waals surface area (Å²) in [5, 5.41) is 6.26. The molecule has 2 rings (SSSR count). The van der Waals surface area contributed by atoms with Crippen LogP contribution in [0.3, 0.4) is 0 Å². The van der Waals surface area contributed by atoms with Crippen LogP contribution >= 0.6 is 0 Å². The average molecular weight is 388 g/mol. The van der Waals surface area contributed by atoms with Crippen molar-refractivity contribution in [2.24, 2.45) is 0 Å². The normalized spacial score (nSPS) is 16.4. The van der Waals surface area contributed by atoms with E-state index in [2.05, 4.69) is 10.6 Å². The summed E-state index contributed by atoms with van der Waals surface area (Å²) >= 11 is 0. The van der Waals surface area contributed by atoms with Crippen LogP contribution in [0, 0.1) is 0 Å². The maximum atomic E-state index is 12.4. The second-order valence-electron chi connectivity index (χ2n) is 6.66. The molecule has 0 unspecified atom stereocenters. The first-order valence-electron chi connectivity index (χ1n) is 8.99. The topological polar surface area (TPSA) is 75.3 Å². The van der Waals surface area contributed by atoms with Crippen LogP contribution in [-0.2, 0) is 15.6 Å². The van der Waals surface area contributed by atoms with E-state index in [1.165, 1.54) is 62.8 Å². The predicted molar refractivity (Wildman–Crippen MR) is 96.9 cm³/mol. The minimum absolute atomic E-state index is 0.233. The first-order valence-corrected chi connectivity index (χ1v) is 10.7. The summed E-state index contributed by atoms with van der Waals surface area (Å²) in [6, 6.07) is 6.19. The average Bonchev–Trinajstić information content (AvgIpc) is 2.87. The molecule has 1 fully saturated rings. The molecule has 0 radical (unpaired) electrons. The standard InChI is InChI=1S/C18H26F2N2O3S/c19-18(20)26(24,25)13-14-7-9-15(10-8-14)17(23)22-12-11-21-16-5-3-1-2-4-6-16/h7-10,16,18,21H,1-6,11-13H2,(H,22,23). The van der Waals surface area contributed by atoms with Crippen molar-refractivity contribution in [1.82, 2.24) is 10.6 Å². The van der Waals surface area contributed by atoms with E-state index in [9.17, 15) is 22.0 Å². The molecular weight excluding hydrogens is 362 g/mol. The lowest BCUT2D eigenvalue weighted by Gasteiger charge is -2.16. The largest absolute Gasteiger partial charge is 0.351 e. The van der Waals surface area contributed by atoms with Gasteiger partial charge in [-0.2, -0.15) is 8.78 Å². The van der Waals surface area contributed by atoms with Crippen LogP contribution in [0.15, 0.2) is 24.3 Å². The van der Waals surface area contributed by atoms with Crippen molar-refractivity contribution in [3.05, 3.63) is 35.4 Å². The minimum atomic E-state index is -4.46. The molecule has 0 bridgehead atoms. The van der Waals surface area contributed by atoms with Gasteiger partial charge in [0.15, 0.2) is 0 Å². The highest BCUT2D eigenvalue weighted by Gasteiger charge is 2.24. The van der Waals surface area contributed by atoms with Gasteiger partial charge in [0, 0.05) is 24.7 Å². The minimum Gasteiger partial charge on any atom is -0.351 e. The number of sulfone groups is 1. The van der Waals surface area contributed by atoms with E-state index in [1.54, 1.807) is 0 Å². The first-order chi connectivity index (χ1) is 12.4. The Morgan fingerprint density at radius 3 is 2.23 bits per heavy atom. The fraction of sp³-hybridized carbons (Fsp3) is 0.611. The SMILES string of the molecule is O=C(NCCNC1CCCCCC1)c1ccc(CS(=O)(=O)C(F)F)cc1. The molecule has 0 aromatic heterocycles. The zero-order valence-corrected chi connectivity index (χ0v) is 15.5. The lowest BCUT2D eigenvalue weighted by atomic mass is 10.1. The number of amides is 1. The van der Waals surface area contributed by atoms with Gasteiger partial charge in [-0.15, -0.1) is 0 Å². The van der Waals surface area contributed by atoms with Crippen LogP contribution in [0.5, 0.6) is 0 Å². The lowest BCUT2D eigenvalue weighted by molar-refractivity contribution is 0.0953. The highest BCUT2D eigenvalue weighted by atomic mass is 32.2. The van der Waals surface area contributed by atoms with Crippen molar-refractivity contribution >= 4 is 15.7 Å². The molecule has 8 heteroatoms. The molecule has 1 aliphatic carbocycles. The summed E-state index contributed by atoms with van der Waals surface area (Å²) in [5.74, 6) is -4.40. The van der Waals surface area contributed by atoms with Crippen molar-refractivity contribution in [3.63, 3.8) is 0 Å². The van der Waals surface area contributed by atoms with Crippen molar-refractivity contribution in [3.8, 4) is 0 Å². The molecule has 0 atom stereocenters. The van der Waals surface area contributed by atoms with Crippen LogP contribution in [0.2, 0.25) is 0 Å². The van der Waals surface area contributed by atoms with E-state index >= 15 is 0 Å². The number of alkyl halides is 2. The number of carbonyl (C=O) groups is 1. The molecule has 0 aliphatic heterocycles. The van der Waals surface area contributed by atoms with E-state index in [0.29, 0.717) is 24.7 Å². The molecule has 26 heavy (non-hydrogen) atoms. The summed E-state index contributed by atoms with van der Waals surface area (Å²) in [6.45, 7) is 1.19. The summed E-state index contributed by atoms with van der Waals surface area (Å²) in [7, 11) is -4.46.